The molecular weight excluding hydrogens is 340 g/mol. The molecule has 0 amide bonds. The summed E-state index contributed by atoms with van der Waals surface area (Å²) in [6.45, 7) is -2.65. The van der Waals surface area contributed by atoms with Crippen molar-refractivity contribution in [1.29, 1.82) is 0 Å². The summed E-state index contributed by atoms with van der Waals surface area (Å²) in [6.07, 6.45) is -4.68. The summed E-state index contributed by atoms with van der Waals surface area (Å²) in [5.74, 6) is -36.6. The molecule has 1 atom stereocenters. The molecule has 0 spiro atoms. The summed E-state index contributed by atoms with van der Waals surface area (Å²) in [4.78, 5) is 0. The largest absolute Gasteiger partial charge is 0.393 e. The molecule has 0 heterocycles. The van der Waals surface area contributed by atoms with E-state index < -0.39 is 48.1 Å². The molecule has 1 unspecified atom stereocenters. The maximum absolute atomic E-state index is 13.5. The highest BCUT2D eigenvalue weighted by molar-refractivity contribution is 5.28. The van der Waals surface area contributed by atoms with Crippen molar-refractivity contribution >= 4 is 0 Å². The Morgan fingerprint density at radius 3 is 1.05 bits per heavy atom. The Morgan fingerprint density at radius 2 is 0.810 bits per heavy atom. The van der Waals surface area contributed by atoms with E-state index in [4.69, 9.17) is 5.11 Å². The number of rotatable bonds is 2. The van der Waals surface area contributed by atoms with Crippen molar-refractivity contribution in [2.24, 2.45) is 0 Å². The molecule has 0 saturated heterocycles. The first-order valence-electron chi connectivity index (χ1n) is 4.81. The van der Waals surface area contributed by atoms with E-state index in [1.54, 1.807) is 0 Å². The summed E-state index contributed by atoms with van der Waals surface area (Å²) in [5, 5.41) is 8.03. The van der Waals surface area contributed by atoms with Gasteiger partial charge in [-0.3, -0.25) is 0 Å². The second-order valence-corrected chi connectivity index (χ2v) is 4.23. The quantitative estimate of drug-likeness (QED) is 0.763. The van der Waals surface area contributed by atoms with Gasteiger partial charge in [-0.05, 0) is 0 Å². The second kappa shape index (κ2) is 4.10. The van der Waals surface area contributed by atoms with Gasteiger partial charge >= 0.3 is 29.6 Å². The van der Waals surface area contributed by atoms with Gasteiger partial charge in [0.15, 0.2) is 6.17 Å². The molecule has 0 aliphatic heterocycles. The van der Waals surface area contributed by atoms with Crippen LogP contribution in [-0.4, -0.2) is 53.2 Å². The summed E-state index contributed by atoms with van der Waals surface area (Å²) in [6, 6.07) is 0. The van der Waals surface area contributed by atoms with Crippen molar-refractivity contribution in [3.05, 3.63) is 0 Å². The molecule has 21 heavy (non-hydrogen) atoms. The van der Waals surface area contributed by atoms with E-state index in [-0.39, 0.29) is 0 Å². The van der Waals surface area contributed by atoms with Crippen LogP contribution in [0.5, 0.6) is 0 Å². The Kier molecular flexibility index (Phi) is 3.55. The van der Waals surface area contributed by atoms with Gasteiger partial charge in [0.05, 0.1) is 6.61 Å². The molecule has 0 aromatic heterocycles. The number of aliphatic hydroxyl groups excluding tert-OH is 1. The monoisotopic (exact) mass is 344 g/mol. The van der Waals surface area contributed by atoms with Gasteiger partial charge in [0, 0.05) is 0 Å². The maximum atomic E-state index is 13.5. The van der Waals surface area contributed by atoms with Gasteiger partial charge in [-0.1, -0.05) is 0 Å². The highest BCUT2D eigenvalue weighted by atomic mass is 19.4. The third-order valence-electron chi connectivity index (χ3n) is 3.08. The molecular formula is C8H4F12O. The van der Waals surface area contributed by atoms with Gasteiger partial charge in [-0.15, -0.1) is 0 Å². The molecule has 1 nitrogen and oxygen atoms in total. The van der Waals surface area contributed by atoms with Crippen LogP contribution in [0.25, 0.3) is 0 Å². The van der Waals surface area contributed by atoms with Gasteiger partial charge in [0.1, 0.15) is 0 Å². The first-order valence-corrected chi connectivity index (χ1v) is 4.81. The predicted octanol–water partition coefficient (Wildman–Crippen LogP) is 3.22. The predicted molar refractivity (Wildman–Crippen MR) is 40.6 cm³/mol. The van der Waals surface area contributed by atoms with Crippen LogP contribution < -0.4 is 0 Å². The number of hydrogen-bond donors (Lipinski definition) is 1. The number of aliphatic hydroxyl groups is 1. The third kappa shape index (κ3) is 1.50. The van der Waals surface area contributed by atoms with Crippen LogP contribution >= 0.6 is 0 Å². The Morgan fingerprint density at radius 1 is 0.571 bits per heavy atom. The van der Waals surface area contributed by atoms with Crippen molar-refractivity contribution in [3.63, 3.8) is 0 Å². The summed E-state index contributed by atoms with van der Waals surface area (Å²) in [5.41, 5.74) is -6.76. The average molecular weight is 344 g/mol. The molecule has 1 saturated carbocycles. The fraction of sp³-hybridized carbons (Fsp3) is 1.00. The molecule has 13 heteroatoms. The van der Waals surface area contributed by atoms with E-state index in [2.05, 4.69) is 0 Å². The Labute approximate surface area is 107 Å². The molecule has 0 bridgehead atoms. The zero-order chi connectivity index (χ0) is 17.3. The van der Waals surface area contributed by atoms with Gasteiger partial charge < -0.3 is 5.11 Å². The fourth-order valence-corrected chi connectivity index (χ4v) is 1.76. The lowest BCUT2D eigenvalue weighted by molar-refractivity contribution is -0.491. The minimum absolute atomic E-state index is 2.65. The summed E-state index contributed by atoms with van der Waals surface area (Å²) < 4.78 is 155. The van der Waals surface area contributed by atoms with Crippen molar-refractivity contribution in [2.75, 3.05) is 6.61 Å². The summed E-state index contributed by atoms with van der Waals surface area (Å²) >= 11 is 0. The van der Waals surface area contributed by atoms with Gasteiger partial charge in [0.25, 0.3) is 5.67 Å². The smallest absolute Gasteiger partial charge is 0.384 e. The Hall–Kier alpha value is -0.880. The first-order chi connectivity index (χ1) is 8.98. The van der Waals surface area contributed by atoms with Crippen LogP contribution in [0.15, 0.2) is 0 Å². The Balaban J connectivity index is 3.83. The minimum atomic E-state index is -7.38. The molecule has 1 rings (SSSR count). The zero-order valence-electron chi connectivity index (χ0n) is 9.27. The molecule has 0 radical (unpaired) electrons. The molecule has 1 aliphatic carbocycles. The van der Waals surface area contributed by atoms with Crippen LogP contribution in [0.1, 0.15) is 0 Å². The van der Waals surface area contributed by atoms with Crippen molar-refractivity contribution in [1.82, 2.24) is 0 Å². The topological polar surface area (TPSA) is 20.2 Å². The van der Waals surface area contributed by atoms with E-state index in [9.17, 15) is 52.7 Å². The molecule has 1 N–H and O–H groups in total. The van der Waals surface area contributed by atoms with Crippen LogP contribution in [0.4, 0.5) is 52.7 Å². The van der Waals surface area contributed by atoms with Gasteiger partial charge in [0.2, 0.25) is 0 Å². The lowest BCUT2D eigenvalue weighted by atomic mass is 9.70. The standard InChI is InChI=1S/C8H4F12O/c9-2(1-21)3(10)4(11,12)6(15,16)8(19,20)7(17,18)5(3,13)14/h2,21H,1H2. The minimum Gasteiger partial charge on any atom is -0.393 e. The normalized spacial score (nSPS) is 32.4. The molecule has 0 aromatic rings. The fourth-order valence-electron chi connectivity index (χ4n) is 1.76. The van der Waals surface area contributed by atoms with Crippen molar-refractivity contribution in [3.8, 4) is 0 Å². The highest BCUT2D eigenvalue weighted by Crippen LogP contribution is 2.70. The van der Waals surface area contributed by atoms with Crippen LogP contribution in [0.2, 0.25) is 0 Å². The average Bonchev–Trinajstić information content (AvgIpc) is 2.34. The van der Waals surface area contributed by atoms with Crippen LogP contribution in [-0.2, 0) is 0 Å². The third-order valence-corrected chi connectivity index (χ3v) is 3.08. The van der Waals surface area contributed by atoms with Crippen molar-refractivity contribution in [2.45, 2.75) is 41.5 Å². The van der Waals surface area contributed by atoms with Crippen LogP contribution in [0, 0.1) is 0 Å². The lowest BCUT2D eigenvalue weighted by Gasteiger charge is -2.53. The molecule has 1 fully saturated rings. The first kappa shape index (κ1) is 18.2. The van der Waals surface area contributed by atoms with Gasteiger partial charge in [-0.2, -0.15) is 43.9 Å². The lowest BCUT2D eigenvalue weighted by Crippen LogP contribution is -2.85. The Bertz CT molecular complexity index is 399. The zero-order valence-corrected chi connectivity index (χ0v) is 9.27. The van der Waals surface area contributed by atoms with E-state index >= 15 is 0 Å². The SMILES string of the molecule is OCC(F)C1(F)C(F)(F)C(F)(F)C(F)(F)C(F)(F)C1(F)F. The van der Waals surface area contributed by atoms with Crippen molar-refractivity contribution < 1.29 is 57.8 Å². The summed E-state index contributed by atoms with van der Waals surface area (Å²) in [7, 11) is 0. The van der Waals surface area contributed by atoms with E-state index in [1.165, 1.54) is 0 Å². The highest BCUT2D eigenvalue weighted by Gasteiger charge is 3.02. The number of halogens is 12. The van der Waals surface area contributed by atoms with E-state index in [0.717, 1.165) is 0 Å². The molecule has 1 aliphatic rings. The van der Waals surface area contributed by atoms with E-state index in [1.807, 2.05) is 0 Å². The maximum Gasteiger partial charge on any atom is 0.384 e. The molecule has 126 valence electrons. The van der Waals surface area contributed by atoms with Crippen LogP contribution in [0.3, 0.4) is 0 Å². The number of hydrogen-bond acceptors (Lipinski definition) is 1. The van der Waals surface area contributed by atoms with E-state index in [0.29, 0.717) is 0 Å². The second-order valence-electron chi connectivity index (χ2n) is 4.23. The number of alkyl halides is 12. The molecule has 0 aromatic carbocycles. The van der Waals surface area contributed by atoms with Gasteiger partial charge in [-0.25, -0.2) is 8.78 Å².